The smallest absolute Gasteiger partial charge is 0.335 e. The van der Waals surface area contributed by atoms with Crippen LogP contribution < -0.4 is 5.32 Å². The summed E-state index contributed by atoms with van der Waals surface area (Å²) in [6.07, 6.45) is 2.56. The molecular weight excluding hydrogens is 308 g/mol. The van der Waals surface area contributed by atoms with Crippen LogP contribution in [0.2, 0.25) is 0 Å². The summed E-state index contributed by atoms with van der Waals surface area (Å²) in [7, 11) is 0. The molecule has 3 rings (SSSR count). The molecule has 7 nitrogen and oxygen atoms in total. The highest BCUT2D eigenvalue weighted by Gasteiger charge is 2.07. The molecule has 2 N–H and O–H groups in total. The first-order valence-corrected chi connectivity index (χ1v) is 7.46. The monoisotopic (exact) mass is 324 g/mol. The number of carboxylic acid groups (broad SMARTS) is 1. The number of aryl methyl sites for hydroxylation is 2. The summed E-state index contributed by atoms with van der Waals surface area (Å²) in [6, 6.07) is 10.1. The molecule has 3 aromatic rings. The van der Waals surface area contributed by atoms with E-state index >= 15 is 0 Å². The molecule has 0 saturated carbocycles. The first-order valence-electron chi connectivity index (χ1n) is 7.46. The number of aromatic carboxylic acids is 1. The second kappa shape index (κ2) is 6.49. The normalized spacial score (nSPS) is 10.7. The van der Waals surface area contributed by atoms with Crippen molar-refractivity contribution in [3.63, 3.8) is 0 Å². The Balaban J connectivity index is 1.59. The lowest BCUT2D eigenvalue weighted by atomic mass is 10.1. The van der Waals surface area contributed by atoms with Crippen molar-refractivity contribution < 1.29 is 14.7 Å². The Labute approximate surface area is 138 Å². The first kappa shape index (κ1) is 15.7. The van der Waals surface area contributed by atoms with Crippen molar-refractivity contribution in [2.75, 3.05) is 5.32 Å². The van der Waals surface area contributed by atoms with Gasteiger partial charge in [-0.1, -0.05) is 12.1 Å². The highest BCUT2D eigenvalue weighted by molar-refractivity contribution is 5.91. The molecule has 0 unspecified atom stereocenters. The van der Waals surface area contributed by atoms with Crippen molar-refractivity contribution in [2.24, 2.45) is 0 Å². The summed E-state index contributed by atoms with van der Waals surface area (Å²) >= 11 is 0. The molecule has 0 atom stereocenters. The maximum absolute atomic E-state index is 12.1. The third kappa shape index (κ3) is 3.57. The van der Waals surface area contributed by atoms with E-state index in [0.29, 0.717) is 24.4 Å². The van der Waals surface area contributed by atoms with Crippen LogP contribution in [-0.4, -0.2) is 31.6 Å². The first-order chi connectivity index (χ1) is 11.5. The van der Waals surface area contributed by atoms with Gasteiger partial charge >= 0.3 is 5.97 Å². The Morgan fingerprint density at radius 1 is 1.17 bits per heavy atom. The molecule has 2 heterocycles. The number of aromatic nitrogens is 3. The van der Waals surface area contributed by atoms with Crippen LogP contribution in [0.25, 0.3) is 5.65 Å². The molecule has 0 aliphatic heterocycles. The van der Waals surface area contributed by atoms with E-state index in [0.717, 1.165) is 11.2 Å². The summed E-state index contributed by atoms with van der Waals surface area (Å²) in [6.45, 7) is 1.81. The van der Waals surface area contributed by atoms with Crippen molar-refractivity contribution >= 4 is 23.2 Å². The minimum Gasteiger partial charge on any atom is -0.478 e. The Morgan fingerprint density at radius 2 is 1.92 bits per heavy atom. The summed E-state index contributed by atoms with van der Waals surface area (Å²) in [5.74, 6) is -0.408. The largest absolute Gasteiger partial charge is 0.478 e. The summed E-state index contributed by atoms with van der Waals surface area (Å²) in [5, 5.41) is 15.9. The highest BCUT2D eigenvalue weighted by atomic mass is 16.4. The molecule has 0 radical (unpaired) electrons. The third-order valence-electron chi connectivity index (χ3n) is 3.56. The zero-order chi connectivity index (χ0) is 17.1. The Morgan fingerprint density at radius 3 is 2.62 bits per heavy atom. The fourth-order valence-corrected chi connectivity index (χ4v) is 2.36. The average molecular weight is 324 g/mol. The lowest BCUT2D eigenvalue weighted by molar-refractivity contribution is -0.116. The van der Waals surface area contributed by atoms with Crippen LogP contribution in [0, 0.1) is 6.92 Å². The molecular formula is C17H16N4O3. The molecule has 1 amide bonds. The van der Waals surface area contributed by atoms with Gasteiger partial charge in [0.2, 0.25) is 5.91 Å². The van der Waals surface area contributed by atoms with E-state index in [1.54, 1.807) is 41.9 Å². The van der Waals surface area contributed by atoms with E-state index in [-0.39, 0.29) is 11.5 Å². The maximum Gasteiger partial charge on any atom is 0.335 e. The van der Waals surface area contributed by atoms with Gasteiger partial charge in [-0.05, 0) is 43.2 Å². The number of amides is 1. The maximum atomic E-state index is 12.1. The SMILES string of the molecule is Cc1nc2ccc(NC(=O)CCc3ccc(C(=O)O)cc3)cn2n1. The minimum atomic E-state index is -0.960. The van der Waals surface area contributed by atoms with Crippen LogP contribution in [0.5, 0.6) is 0 Å². The number of nitrogens with zero attached hydrogens (tertiary/aromatic N) is 3. The van der Waals surface area contributed by atoms with Crippen molar-refractivity contribution in [3.05, 3.63) is 59.5 Å². The molecule has 7 heteroatoms. The number of hydrogen-bond acceptors (Lipinski definition) is 4. The van der Waals surface area contributed by atoms with Crippen LogP contribution in [0.3, 0.4) is 0 Å². The number of hydrogen-bond donors (Lipinski definition) is 2. The number of fused-ring (bicyclic) bond motifs is 1. The standard InChI is InChI=1S/C17H16N4O3/c1-11-18-15-8-7-14(10-21(15)20-11)19-16(22)9-4-12-2-5-13(6-3-12)17(23)24/h2-3,5-8,10H,4,9H2,1H3,(H,19,22)(H,23,24). The van der Waals surface area contributed by atoms with E-state index in [4.69, 9.17) is 5.11 Å². The number of carbonyl (C=O) groups is 2. The molecule has 122 valence electrons. The Hall–Kier alpha value is -3.22. The van der Waals surface area contributed by atoms with Crippen molar-refractivity contribution in [1.29, 1.82) is 0 Å². The molecule has 0 bridgehead atoms. The number of anilines is 1. The zero-order valence-electron chi connectivity index (χ0n) is 13.1. The predicted molar refractivity (Wildman–Crippen MR) is 88.1 cm³/mol. The molecule has 24 heavy (non-hydrogen) atoms. The van der Waals surface area contributed by atoms with Gasteiger partial charge in [0.05, 0.1) is 17.4 Å². The van der Waals surface area contributed by atoms with Gasteiger partial charge in [0.15, 0.2) is 5.65 Å². The zero-order valence-corrected chi connectivity index (χ0v) is 13.1. The van der Waals surface area contributed by atoms with Gasteiger partial charge < -0.3 is 10.4 Å². The number of nitrogens with one attached hydrogen (secondary N) is 1. The molecule has 0 aliphatic carbocycles. The number of carbonyl (C=O) groups excluding carboxylic acids is 1. The number of carboxylic acids is 1. The van der Waals surface area contributed by atoms with Crippen molar-refractivity contribution in [1.82, 2.24) is 14.6 Å². The molecule has 0 aliphatic rings. The van der Waals surface area contributed by atoms with E-state index < -0.39 is 5.97 Å². The lowest BCUT2D eigenvalue weighted by Gasteiger charge is -2.06. The number of pyridine rings is 1. The second-order valence-electron chi connectivity index (χ2n) is 5.43. The number of benzene rings is 1. The van der Waals surface area contributed by atoms with Crippen LogP contribution >= 0.6 is 0 Å². The summed E-state index contributed by atoms with van der Waals surface area (Å²) < 4.78 is 1.62. The van der Waals surface area contributed by atoms with Gasteiger partial charge in [-0.15, -0.1) is 0 Å². The van der Waals surface area contributed by atoms with E-state index in [9.17, 15) is 9.59 Å². The molecule has 1 aromatic carbocycles. The van der Waals surface area contributed by atoms with Crippen LogP contribution in [-0.2, 0) is 11.2 Å². The van der Waals surface area contributed by atoms with E-state index in [1.165, 1.54) is 12.1 Å². The molecule has 0 saturated heterocycles. The summed E-state index contributed by atoms with van der Waals surface area (Å²) in [5.41, 5.74) is 2.53. The van der Waals surface area contributed by atoms with Gasteiger partial charge in [-0.2, -0.15) is 5.10 Å². The second-order valence-corrected chi connectivity index (χ2v) is 5.43. The van der Waals surface area contributed by atoms with Crippen LogP contribution in [0.1, 0.15) is 28.2 Å². The van der Waals surface area contributed by atoms with E-state index in [1.807, 2.05) is 0 Å². The number of rotatable bonds is 5. The summed E-state index contributed by atoms with van der Waals surface area (Å²) in [4.78, 5) is 27.1. The van der Waals surface area contributed by atoms with Crippen molar-refractivity contribution in [2.45, 2.75) is 19.8 Å². The van der Waals surface area contributed by atoms with Gasteiger partial charge in [-0.3, -0.25) is 4.79 Å². The van der Waals surface area contributed by atoms with Crippen LogP contribution in [0.4, 0.5) is 5.69 Å². The highest BCUT2D eigenvalue weighted by Crippen LogP contribution is 2.11. The third-order valence-corrected chi connectivity index (χ3v) is 3.56. The fourth-order valence-electron chi connectivity index (χ4n) is 2.36. The Kier molecular flexibility index (Phi) is 4.24. The topological polar surface area (TPSA) is 96.6 Å². The minimum absolute atomic E-state index is 0.117. The average Bonchev–Trinajstić information content (AvgIpc) is 2.92. The molecule has 0 fully saturated rings. The van der Waals surface area contributed by atoms with Gasteiger partial charge in [0.1, 0.15) is 5.82 Å². The quantitative estimate of drug-likeness (QED) is 0.750. The van der Waals surface area contributed by atoms with Crippen LogP contribution in [0.15, 0.2) is 42.6 Å². The Bertz CT molecular complexity index is 900. The molecule has 0 spiro atoms. The molecule has 2 aromatic heterocycles. The predicted octanol–water partition coefficient (Wildman–Crippen LogP) is 2.31. The van der Waals surface area contributed by atoms with Crippen molar-refractivity contribution in [3.8, 4) is 0 Å². The van der Waals surface area contributed by atoms with E-state index in [2.05, 4.69) is 15.4 Å². The van der Waals surface area contributed by atoms with Gasteiger partial charge in [0.25, 0.3) is 0 Å². The van der Waals surface area contributed by atoms with Gasteiger partial charge in [0, 0.05) is 6.42 Å². The lowest BCUT2D eigenvalue weighted by Crippen LogP contribution is -2.13. The fraction of sp³-hybridized carbons (Fsp3) is 0.176. The van der Waals surface area contributed by atoms with Gasteiger partial charge in [-0.25, -0.2) is 14.3 Å².